The summed E-state index contributed by atoms with van der Waals surface area (Å²) >= 11 is 0. The summed E-state index contributed by atoms with van der Waals surface area (Å²) in [5.74, 6) is -2.14. The van der Waals surface area contributed by atoms with Gasteiger partial charge < -0.3 is 15.7 Å². The monoisotopic (exact) mass is 280 g/mol. The number of halogens is 1. The van der Waals surface area contributed by atoms with Crippen LogP contribution in [0.3, 0.4) is 0 Å². The fourth-order valence-electron chi connectivity index (χ4n) is 2.48. The highest BCUT2D eigenvalue weighted by atomic mass is 19.1. The minimum absolute atomic E-state index is 0.139. The standard InChI is InChI=1S/C14H17FN2O3/c1-8-4-5-17(12(6-8)14(19)20)13(18)10-3-2-9(16)7-11(10)15/h2-3,7-8,12H,4-6,16H2,1H3,(H,19,20). The Balaban J connectivity index is 2.28. The molecule has 20 heavy (non-hydrogen) atoms. The molecule has 1 aliphatic heterocycles. The van der Waals surface area contributed by atoms with E-state index in [0.29, 0.717) is 19.4 Å². The van der Waals surface area contributed by atoms with Gasteiger partial charge in [-0.3, -0.25) is 4.79 Å². The first-order valence-electron chi connectivity index (χ1n) is 6.49. The molecule has 1 aromatic carbocycles. The first-order chi connectivity index (χ1) is 9.40. The zero-order valence-electron chi connectivity index (χ0n) is 11.2. The van der Waals surface area contributed by atoms with E-state index in [1.165, 1.54) is 17.0 Å². The molecule has 1 fully saturated rings. The summed E-state index contributed by atoms with van der Waals surface area (Å²) in [4.78, 5) is 24.8. The Morgan fingerprint density at radius 2 is 2.15 bits per heavy atom. The topological polar surface area (TPSA) is 83.6 Å². The summed E-state index contributed by atoms with van der Waals surface area (Å²) in [6.45, 7) is 2.27. The maximum absolute atomic E-state index is 13.8. The van der Waals surface area contributed by atoms with Crippen molar-refractivity contribution >= 4 is 17.6 Å². The average Bonchev–Trinajstić information content (AvgIpc) is 2.37. The third kappa shape index (κ3) is 2.74. The van der Waals surface area contributed by atoms with Crippen LogP contribution in [-0.4, -0.2) is 34.5 Å². The molecule has 1 saturated heterocycles. The van der Waals surface area contributed by atoms with Crippen molar-refractivity contribution < 1.29 is 19.1 Å². The van der Waals surface area contributed by atoms with Crippen LogP contribution in [0.25, 0.3) is 0 Å². The van der Waals surface area contributed by atoms with Gasteiger partial charge in [0, 0.05) is 12.2 Å². The minimum atomic E-state index is -1.05. The second-order valence-electron chi connectivity index (χ2n) is 5.22. The summed E-state index contributed by atoms with van der Waals surface area (Å²) in [5.41, 5.74) is 5.53. The molecule has 2 unspecified atom stereocenters. The molecule has 0 bridgehead atoms. The average molecular weight is 280 g/mol. The number of piperidine rings is 1. The van der Waals surface area contributed by atoms with E-state index in [1.807, 2.05) is 6.92 Å². The van der Waals surface area contributed by atoms with E-state index in [0.717, 1.165) is 6.07 Å². The van der Waals surface area contributed by atoms with Gasteiger partial charge in [0.2, 0.25) is 0 Å². The number of rotatable bonds is 2. The number of nitrogens with two attached hydrogens (primary N) is 1. The van der Waals surface area contributed by atoms with Gasteiger partial charge in [-0.15, -0.1) is 0 Å². The van der Waals surface area contributed by atoms with E-state index in [2.05, 4.69) is 0 Å². The van der Waals surface area contributed by atoms with Crippen molar-refractivity contribution in [2.45, 2.75) is 25.8 Å². The van der Waals surface area contributed by atoms with E-state index < -0.39 is 23.7 Å². The van der Waals surface area contributed by atoms with Gasteiger partial charge in [-0.1, -0.05) is 6.92 Å². The Kier molecular flexibility index (Phi) is 3.92. The molecule has 3 N–H and O–H groups in total. The third-order valence-corrected chi connectivity index (χ3v) is 3.63. The van der Waals surface area contributed by atoms with Crippen LogP contribution in [0.2, 0.25) is 0 Å². The smallest absolute Gasteiger partial charge is 0.326 e. The fraction of sp³-hybridized carbons (Fsp3) is 0.429. The van der Waals surface area contributed by atoms with Crippen LogP contribution in [0.15, 0.2) is 18.2 Å². The molecule has 5 nitrogen and oxygen atoms in total. The number of carbonyl (C=O) groups excluding carboxylic acids is 1. The quantitative estimate of drug-likeness (QED) is 0.808. The van der Waals surface area contributed by atoms with Crippen LogP contribution >= 0.6 is 0 Å². The van der Waals surface area contributed by atoms with Crippen molar-refractivity contribution in [3.63, 3.8) is 0 Å². The lowest BCUT2D eigenvalue weighted by Gasteiger charge is -2.36. The highest BCUT2D eigenvalue weighted by Crippen LogP contribution is 2.25. The van der Waals surface area contributed by atoms with E-state index in [-0.39, 0.29) is 17.2 Å². The molecule has 0 spiro atoms. The number of nitrogen functional groups attached to an aromatic ring is 1. The SMILES string of the molecule is CC1CCN(C(=O)c2ccc(N)cc2F)C(C(=O)O)C1. The first kappa shape index (κ1) is 14.3. The maximum Gasteiger partial charge on any atom is 0.326 e. The van der Waals surface area contributed by atoms with Gasteiger partial charge in [-0.2, -0.15) is 0 Å². The van der Waals surface area contributed by atoms with Crippen molar-refractivity contribution in [3.8, 4) is 0 Å². The van der Waals surface area contributed by atoms with Gasteiger partial charge in [0.15, 0.2) is 0 Å². The van der Waals surface area contributed by atoms with Gasteiger partial charge >= 0.3 is 5.97 Å². The molecule has 1 heterocycles. The number of amides is 1. The zero-order chi connectivity index (χ0) is 14.9. The van der Waals surface area contributed by atoms with Gasteiger partial charge in [-0.05, 0) is 37.0 Å². The van der Waals surface area contributed by atoms with Gasteiger partial charge in [0.25, 0.3) is 5.91 Å². The van der Waals surface area contributed by atoms with Crippen molar-refractivity contribution in [2.75, 3.05) is 12.3 Å². The second-order valence-corrected chi connectivity index (χ2v) is 5.22. The molecule has 0 aliphatic carbocycles. The summed E-state index contributed by atoms with van der Waals surface area (Å²) in [6.07, 6.45) is 1.10. The molecule has 2 atom stereocenters. The fourth-order valence-corrected chi connectivity index (χ4v) is 2.48. The number of likely N-dealkylation sites (tertiary alicyclic amines) is 1. The summed E-state index contributed by atoms with van der Waals surface area (Å²) in [7, 11) is 0. The minimum Gasteiger partial charge on any atom is -0.480 e. The molecule has 0 radical (unpaired) electrons. The predicted octanol–water partition coefficient (Wildman–Crippen LogP) is 1.73. The number of carboxylic acids is 1. The lowest BCUT2D eigenvalue weighted by molar-refractivity contribution is -0.144. The van der Waals surface area contributed by atoms with Crippen LogP contribution in [0.4, 0.5) is 10.1 Å². The van der Waals surface area contributed by atoms with E-state index >= 15 is 0 Å². The van der Waals surface area contributed by atoms with E-state index in [4.69, 9.17) is 5.73 Å². The lowest BCUT2D eigenvalue weighted by atomic mass is 9.92. The molecule has 1 aromatic rings. The number of aliphatic carboxylic acids is 1. The number of anilines is 1. The normalized spacial score (nSPS) is 22.6. The first-order valence-corrected chi connectivity index (χ1v) is 6.49. The highest BCUT2D eigenvalue weighted by molar-refractivity contribution is 5.97. The van der Waals surface area contributed by atoms with E-state index in [1.54, 1.807) is 0 Å². The molecular formula is C14H17FN2O3. The Labute approximate surface area is 116 Å². The Morgan fingerprint density at radius 3 is 2.75 bits per heavy atom. The highest BCUT2D eigenvalue weighted by Gasteiger charge is 2.35. The van der Waals surface area contributed by atoms with Crippen molar-refractivity contribution in [1.29, 1.82) is 0 Å². The number of carboxylic acid groups (broad SMARTS) is 1. The predicted molar refractivity (Wildman–Crippen MR) is 71.7 cm³/mol. The summed E-state index contributed by atoms with van der Waals surface area (Å²) in [5, 5.41) is 9.23. The van der Waals surface area contributed by atoms with Gasteiger partial charge in [0.05, 0.1) is 5.56 Å². The number of hydrogen-bond acceptors (Lipinski definition) is 3. The summed E-state index contributed by atoms with van der Waals surface area (Å²) in [6, 6.07) is 2.89. The maximum atomic E-state index is 13.8. The van der Waals surface area contributed by atoms with Crippen LogP contribution in [0.5, 0.6) is 0 Å². The van der Waals surface area contributed by atoms with E-state index in [9.17, 15) is 19.1 Å². The Morgan fingerprint density at radius 1 is 1.45 bits per heavy atom. The number of hydrogen-bond donors (Lipinski definition) is 2. The Hall–Kier alpha value is -2.11. The van der Waals surface area contributed by atoms with Crippen LogP contribution in [0, 0.1) is 11.7 Å². The zero-order valence-corrected chi connectivity index (χ0v) is 11.2. The number of benzene rings is 1. The number of nitrogens with zero attached hydrogens (tertiary/aromatic N) is 1. The Bertz CT molecular complexity index is 547. The van der Waals surface area contributed by atoms with Crippen molar-refractivity contribution in [2.24, 2.45) is 5.92 Å². The van der Waals surface area contributed by atoms with Crippen molar-refractivity contribution in [1.82, 2.24) is 4.90 Å². The molecule has 6 heteroatoms. The van der Waals surface area contributed by atoms with Gasteiger partial charge in [-0.25, -0.2) is 9.18 Å². The molecule has 2 rings (SSSR count). The largest absolute Gasteiger partial charge is 0.480 e. The molecule has 1 aliphatic rings. The van der Waals surface area contributed by atoms with Gasteiger partial charge in [0.1, 0.15) is 11.9 Å². The molecular weight excluding hydrogens is 263 g/mol. The molecule has 1 amide bonds. The number of carbonyl (C=O) groups is 2. The van der Waals surface area contributed by atoms with Crippen molar-refractivity contribution in [3.05, 3.63) is 29.6 Å². The second kappa shape index (κ2) is 5.48. The van der Waals surface area contributed by atoms with Crippen LogP contribution in [-0.2, 0) is 4.79 Å². The third-order valence-electron chi connectivity index (χ3n) is 3.63. The molecule has 108 valence electrons. The molecule has 0 aromatic heterocycles. The summed E-state index contributed by atoms with van der Waals surface area (Å²) < 4.78 is 13.8. The molecule has 0 saturated carbocycles. The van der Waals surface area contributed by atoms with Crippen LogP contribution in [0.1, 0.15) is 30.1 Å². The lowest BCUT2D eigenvalue weighted by Crippen LogP contribution is -2.50. The van der Waals surface area contributed by atoms with Crippen LogP contribution < -0.4 is 5.73 Å².